The molecule has 136 valence electrons. The number of amides is 1. The second kappa shape index (κ2) is 5.95. The summed E-state index contributed by atoms with van der Waals surface area (Å²) in [7, 11) is -3.91. The van der Waals surface area contributed by atoms with Gasteiger partial charge in [-0.05, 0) is 58.7 Å². The lowest BCUT2D eigenvalue weighted by molar-refractivity contribution is 0.0985. The van der Waals surface area contributed by atoms with Gasteiger partial charge in [0.15, 0.2) is 11.6 Å². The zero-order valence-corrected chi connectivity index (χ0v) is 14.3. The van der Waals surface area contributed by atoms with E-state index >= 15 is 0 Å². The Morgan fingerprint density at radius 2 is 1.26 bits per heavy atom. The number of fused-ring (bicyclic) bond motifs is 1. The summed E-state index contributed by atoms with van der Waals surface area (Å²) >= 11 is 0. The van der Waals surface area contributed by atoms with Crippen LogP contribution in [0, 0.1) is 17.5 Å². The maximum Gasteiger partial charge on any atom is 0.266 e. The van der Waals surface area contributed by atoms with Gasteiger partial charge in [-0.1, -0.05) is 18.2 Å². The summed E-state index contributed by atoms with van der Waals surface area (Å²) in [5, 5.41) is 0. The number of hydrogen-bond donors (Lipinski definition) is 1. The Morgan fingerprint density at radius 3 is 1.89 bits per heavy atom. The van der Waals surface area contributed by atoms with E-state index in [-0.39, 0.29) is 21.6 Å². The van der Waals surface area contributed by atoms with Crippen molar-refractivity contribution in [2.24, 2.45) is 0 Å². The van der Waals surface area contributed by atoms with Crippen molar-refractivity contribution in [3.8, 4) is 22.3 Å². The molecule has 0 fully saturated rings. The van der Waals surface area contributed by atoms with Crippen molar-refractivity contribution >= 4 is 15.9 Å². The minimum Gasteiger partial charge on any atom is -0.268 e. The molecule has 0 aromatic heterocycles. The number of carbonyl (C=O) groups excluding carboxylic acids is 1. The highest BCUT2D eigenvalue weighted by atomic mass is 32.2. The molecular weight excluding hydrogens is 379 g/mol. The van der Waals surface area contributed by atoms with Gasteiger partial charge in [0.25, 0.3) is 15.9 Å². The molecule has 0 radical (unpaired) electrons. The molecule has 0 atom stereocenters. The van der Waals surface area contributed by atoms with Crippen LogP contribution in [-0.2, 0) is 10.0 Å². The van der Waals surface area contributed by atoms with Gasteiger partial charge >= 0.3 is 0 Å². The van der Waals surface area contributed by atoms with Crippen LogP contribution in [0.25, 0.3) is 22.3 Å². The van der Waals surface area contributed by atoms with E-state index in [1.54, 1.807) is 0 Å². The van der Waals surface area contributed by atoms with Crippen LogP contribution in [0.2, 0.25) is 0 Å². The molecule has 27 heavy (non-hydrogen) atoms. The Morgan fingerprint density at radius 1 is 0.704 bits per heavy atom. The largest absolute Gasteiger partial charge is 0.268 e. The molecular formula is C19H10F3NO3S. The number of sulfonamides is 1. The number of halogens is 3. The molecule has 3 aromatic rings. The van der Waals surface area contributed by atoms with E-state index in [2.05, 4.69) is 0 Å². The van der Waals surface area contributed by atoms with Crippen LogP contribution in [0.5, 0.6) is 0 Å². The van der Waals surface area contributed by atoms with E-state index in [9.17, 15) is 26.4 Å². The quantitative estimate of drug-likeness (QED) is 0.724. The summed E-state index contributed by atoms with van der Waals surface area (Å²) in [5.74, 6) is -3.46. The average molecular weight is 389 g/mol. The first-order valence-corrected chi connectivity index (χ1v) is 9.21. The van der Waals surface area contributed by atoms with Crippen LogP contribution < -0.4 is 4.72 Å². The van der Waals surface area contributed by atoms with Crippen molar-refractivity contribution in [3.05, 3.63) is 77.6 Å². The number of rotatable bonds is 2. The summed E-state index contributed by atoms with van der Waals surface area (Å²) in [6.45, 7) is 0. The monoisotopic (exact) mass is 389 g/mol. The van der Waals surface area contributed by atoms with Gasteiger partial charge in [-0.25, -0.2) is 26.3 Å². The molecule has 8 heteroatoms. The Hall–Kier alpha value is -3.13. The standard InChI is InChI=1S/C19H10F3NO3S/c20-12-4-1-10(2-5-12)13-8-16(21)17(22)9-14(13)11-3-6-18-15(7-11)19(24)23-27(18,25)26/h1-9H,(H,23,24). The fraction of sp³-hybridized carbons (Fsp3) is 0. The second-order valence-electron chi connectivity index (χ2n) is 5.96. The fourth-order valence-corrected chi connectivity index (χ4v) is 4.15. The second-order valence-corrected chi connectivity index (χ2v) is 7.62. The van der Waals surface area contributed by atoms with E-state index in [1.165, 1.54) is 42.5 Å². The highest BCUT2D eigenvalue weighted by Crippen LogP contribution is 2.36. The van der Waals surface area contributed by atoms with E-state index < -0.39 is 33.4 Å². The SMILES string of the molecule is O=C1NS(=O)(=O)c2ccc(-c3cc(F)c(F)cc3-c3ccc(F)cc3)cc21. The molecule has 3 aromatic carbocycles. The third-order valence-electron chi connectivity index (χ3n) is 4.27. The van der Waals surface area contributed by atoms with Gasteiger partial charge < -0.3 is 0 Å². The van der Waals surface area contributed by atoms with Crippen molar-refractivity contribution in [2.75, 3.05) is 0 Å². The Bertz CT molecular complexity index is 1210. The Balaban J connectivity index is 1.95. The Kier molecular flexibility index (Phi) is 3.81. The zero-order chi connectivity index (χ0) is 19.3. The van der Waals surface area contributed by atoms with E-state index in [4.69, 9.17) is 0 Å². The van der Waals surface area contributed by atoms with Gasteiger partial charge in [0, 0.05) is 0 Å². The van der Waals surface area contributed by atoms with Crippen LogP contribution in [0.4, 0.5) is 13.2 Å². The molecule has 1 aliphatic heterocycles. The molecule has 1 heterocycles. The molecule has 4 rings (SSSR count). The first-order chi connectivity index (χ1) is 12.8. The third-order valence-corrected chi connectivity index (χ3v) is 5.66. The molecule has 0 bridgehead atoms. The number of hydrogen-bond acceptors (Lipinski definition) is 3. The number of carbonyl (C=O) groups is 1. The minimum absolute atomic E-state index is 0.0812. The van der Waals surface area contributed by atoms with Gasteiger partial charge in [0.05, 0.1) is 5.56 Å². The van der Waals surface area contributed by atoms with E-state index in [0.29, 0.717) is 11.1 Å². The summed E-state index contributed by atoms with van der Waals surface area (Å²) in [5.41, 5.74) is 1.18. The zero-order valence-electron chi connectivity index (χ0n) is 13.5. The molecule has 1 N–H and O–H groups in total. The minimum atomic E-state index is -3.91. The highest BCUT2D eigenvalue weighted by molar-refractivity contribution is 7.90. The lowest BCUT2D eigenvalue weighted by Gasteiger charge is -2.12. The van der Waals surface area contributed by atoms with Crippen molar-refractivity contribution in [1.29, 1.82) is 0 Å². The number of nitrogens with one attached hydrogen (secondary N) is 1. The molecule has 1 aliphatic rings. The van der Waals surface area contributed by atoms with Gasteiger partial charge in [-0.2, -0.15) is 0 Å². The maximum absolute atomic E-state index is 13.9. The molecule has 0 spiro atoms. The first-order valence-electron chi connectivity index (χ1n) is 7.73. The molecule has 0 saturated heterocycles. The predicted octanol–water partition coefficient (Wildman–Crippen LogP) is 3.87. The summed E-state index contributed by atoms with van der Waals surface area (Å²) < 4.78 is 66.5. The summed E-state index contributed by atoms with van der Waals surface area (Å²) in [6.07, 6.45) is 0. The normalized spacial score (nSPS) is 14.7. The predicted molar refractivity (Wildman–Crippen MR) is 91.8 cm³/mol. The summed E-state index contributed by atoms with van der Waals surface area (Å²) in [6, 6.07) is 11.1. The lowest BCUT2D eigenvalue weighted by Crippen LogP contribution is -2.20. The summed E-state index contributed by atoms with van der Waals surface area (Å²) in [4.78, 5) is 11.7. The van der Waals surface area contributed by atoms with Gasteiger partial charge in [-0.15, -0.1) is 0 Å². The number of benzene rings is 3. The fourth-order valence-electron chi connectivity index (χ4n) is 3.00. The van der Waals surface area contributed by atoms with E-state index in [1.807, 2.05) is 4.72 Å². The van der Waals surface area contributed by atoms with Crippen molar-refractivity contribution in [3.63, 3.8) is 0 Å². The van der Waals surface area contributed by atoms with Crippen molar-refractivity contribution < 1.29 is 26.4 Å². The van der Waals surface area contributed by atoms with Gasteiger partial charge in [0.2, 0.25) is 0 Å². The molecule has 1 amide bonds. The first kappa shape index (κ1) is 17.3. The topological polar surface area (TPSA) is 63.2 Å². The third kappa shape index (κ3) is 2.87. The van der Waals surface area contributed by atoms with Gasteiger partial charge in [0.1, 0.15) is 10.7 Å². The van der Waals surface area contributed by atoms with Gasteiger partial charge in [-0.3, -0.25) is 4.79 Å². The average Bonchev–Trinajstić information content (AvgIpc) is 2.86. The molecule has 0 unspecified atom stereocenters. The highest BCUT2D eigenvalue weighted by Gasteiger charge is 2.32. The molecule has 4 nitrogen and oxygen atoms in total. The van der Waals surface area contributed by atoms with E-state index in [0.717, 1.165) is 12.1 Å². The molecule has 0 aliphatic carbocycles. The van der Waals surface area contributed by atoms with Crippen LogP contribution in [0.1, 0.15) is 10.4 Å². The van der Waals surface area contributed by atoms with Crippen LogP contribution in [0.15, 0.2) is 59.5 Å². The van der Waals surface area contributed by atoms with Crippen molar-refractivity contribution in [2.45, 2.75) is 4.90 Å². The smallest absolute Gasteiger partial charge is 0.266 e. The van der Waals surface area contributed by atoms with Crippen LogP contribution in [0.3, 0.4) is 0 Å². The lowest BCUT2D eigenvalue weighted by atomic mass is 9.93. The van der Waals surface area contributed by atoms with Crippen LogP contribution in [-0.4, -0.2) is 14.3 Å². The maximum atomic E-state index is 13.9. The van der Waals surface area contributed by atoms with Crippen molar-refractivity contribution in [1.82, 2.24) is 4.72 Å². The molecule has 0 saturated carbocycles. The Labute approximate surface area is 152 Å². The van der Waals surface area contributed by atoms with Crippen LogP contribution >= 0.6 is 0 Å².